The van der Waals surface area contributed by atoms with Crippen LogP contribution in [0.15, 0.2) is 16.7 Å². The van der Waals surface area contributed by atoms with Gasteiger partial charge in [-0.1, -0.05) is 0 Å². The molecule has 1 aliphatic heterocycles. The summed E-state index contributed by atoms with van der Waals surface area (Å²) in [7, 11) is 0. The Labute approximate surface area is 106 Å². The van der Waals surface area contributed by atoms with E-state index < -0.39 is 0 Å². The van der Waals surface area contributed by atoms with Gasteiger partial charge in [-0.25, -0.2) is 0 Å². The molecule has 1 atom stereocenters. The first-order valence-electron chi connectivity index (χ1n) is 5.99. The van der Waals surface area contributed by atoms with Gasteiger partial charge < -0.3 is 15.1 Å². The number of halogens is 1. The second kappa shape index (κ2) is 6.07. The molecule has 1 unspecified atom stereocenters. The summed E-state index contributed by atoms with van der Waals surface area (Å²) >= 11 is 5.72. The molecule has 0 saturated carbocycles. The maximum atomic E-state index is 11.7. The van der Waals surface area contributed by atoms with Gasteiger partial charge in [0.05, 0.1) is 11.8 Å². The molecule has 17 heavy (non-hydrogen) atoms. The van der Waals surface area contributed by atoms with Crippen molar-refractivity contribution in [1.29, 1.82) is 0 Å². The van der Waals surface area contributed by atoms with E-state index in [0.29, 0.717) is 18.0 Å². The van der Waals surface area contributed by atoms with Crippen LogP contribution in [0.2, 0.25) is 5.22 Å². The Morgan fingerprint density at radius 3 is 3.18 bits per heavy atom. The van der Waals surface area contributed by atoms with Crippen molar-refractivity contribution >= 4 is 17.5 Å². The predicted octanol–water partition coefficient (Wildman–Crippen LogP) is 2.05. The number of nitrogens with one attached hydrogen (secondary N) is 2. The van der Waals surface area contributed by atoms with Crippen LogP contribution in [0, 0.1) is 5.92 Å². The number of hydrogen-bond acceptors (Lipinski definition) is 3. The van der Waals surface area contributed by atoms with E-state index in [2.05, 4.69) is 10.6 Å². The van der Waals surface area contributed by atoms with Crippen LogP contribution in [0.1, 0.15) is 29.6 Å². The maximum absolute atomic E-state index is 11.7. The number of carbonyl (C=O) groups excluding carboxylic acids is 1. The molecule has 2 N–H and O–H groups in total. The van der Waals surface area contributed by atoms with Gasteiger partial charge in [0, 0.05) is 6.54 Å². The maximum Gasteiger partial charge on any atom is 0.256 e. The fraction of sp³-hybridized carbons (Fsp3) is 0.583. The van der Waals surface area contributed by atoms with E-state index in [1.807, 2.05) is 0 Å². The molecule has 1 saturated heterocycles. The lowest BCUT2D eigenvalue weighted by atomic mass is 9.96. The summed E-state index contributed by atoms with van der Waals surface area (Å²) in [6.45, 7) is 2.86. The monoisotopic (exact) mass is 256 g/mol. The van der Waals surface area contributed by atoms with Crippen LogP contribution in [0.4, 0.5) is 0 Å². The number of carbonyl (C=O) groups is 1. The van der Waals surface area contributed by atoms with Crippen molar-refractivity contribution in [3.8, 4) is 0 Å². The van der Waals surface area contributed by atoms with E-state index in [4.69, 9.17) is 16.0 Å². The highest BCUT2D eigenvalue weighted by Crippen LogP contribution is 2.17. The summed E-state index contributed by atoms with van der Waals surface area (Å²) in [6, 6.07) is 1.58. The molecule has 2 rings (SSSR count). The molecule has 1 aliphatic rings. The zero-order valence-corrected chi connectivity index (χ0v) is 10.4. The highest BCUT2D eigenvalue weighted by atomic mass is 35.5. The smallest absolute Gasteiger partial charge is 0.256 e. The molecule has 94 valence electrons. The fourth-order valence-corrected chi connectivity index (χ4v) is 2.31. The van der Waals surface area contributed by atoms with Crippen LogP contribution < -0.4 is 10.6 Å². The molecular weight excluding hydrogens is 240 g/mol. The van der Waals surface area contributed by atoms with E-state index in [1.54, 1.807) is 6.07 Å². The Kier molecular flexibility index (Phi) is 4.45. The molecule has 2 heterocycles. The third-order valence-corrected chi connectivity index (χ3v) is 3.39. The average molecular weight is 257 g/mol. The number of hydrogen-bond donors (Lipinski definition) is 2. The molecule has 5 heteroatoms. The van der Waals surface area contributed by atoms with Crippen LogP contribution >= 0.6 is 11.6 Å². The van der Waals surface area contributed by atoms with E-state index in [9.17, 15) is 4.79 Å². The van der Waals surface area contributed by atoms with Crippen LogP contribution in [0.3, 0.4) is 0 Å². The lowest BCUT2D eigenvalue weighted by molar-refractivity contribution is 0.0950. The van der Waals surface area contributed by atoms with Crippen molar-refractivity contribution in [2.24, 2.45) is 5.92 Å². The molecular formula is C12H17ClN2O2. The minimum absolute atomic E-state index is 0.154. The minimum Gasteiger partial charge on any atom is -0.452 e. The van der Waals surface area contributed by atoms with Gasteiger partial charge in [0.2, 0.25) is 5.22 Å². The molecule has 0 spiro atoms. The minimum atomic E-state index is -0.160. The quantitative estimate of drug-likeness (QED) is 0.867. The molecule has 1 aromatic rings. The first-order valence-corrected chi connectivity index (χ1v) is 6.37. The lowest BCUT2D eigenvalue weighted by Crippen LogP contribution is -2.33. The number of amides is 1. The Bertz CT molecular complexity index is 372. The van der Waals surface area contributed by atoms with Gasteiger partial charge in [-0.3, -0.25) is 4.79 Å². The van der Waals surface area contributed by atoms with Crippen LogP contribution in [-0.2, 0) is 0 Å². The third-order valence-electron chi connectivity index (χ3n) is 3.10. The van der Waals surface area contributed by atoms with Gasteiger partial charge in [-0.15, -0.1) is 0 Å². The van der Waals surface area contributed by atoms with Crippen molar-refractivity contribution in [2.75, 3.05) is 19.6 Å². The Balaban J connectivity index is 1.71. The lowest BCUT2D eigenvalue weighted by Gasteiger charge is -2.22. The number of rotatable bonds is 4. The number of piperidine rings is 1. The second-order valence-electron chi connectivity index (χ2n) is 4.36. The molecule has 0 aromatic carbocycles. The standard InChI is InChI=1S/C12H17ClN2O2/c13-11-10(4-7-17-11)12(16)15-6-3-9-2-1-5-14-8-9/h4,7,9,14H,1-3,5-6,8H2,(H,15,16). The summed E-state index contributed by atoms with van der Waals surface area (Å²) in [4.78, 5) is 11.7. The Morgan fingerprint density at radius 1 is 1.65 bits per heavy atom. The largest absolute Gasteiger partial charge is 0.452 e. The van der Waals surface area contributed by atoms with Crippen LogP contribution in [-0.4, -0.2) is 25.5 Å². The van der Waals surface area contributed by atoms with E-state index >= 15 is 0 Å². The van der Waals surface area contributed by atoms with Gasteiger partial charge in [-0.05, 0) is 55.9 Å². The normalized spacial score (nSPS) is 20.2. The molecule has 1 fully saturated rings. The molecule has 0 aliphatic carbocycles. The second-order valence-corrected chi connectivity index (χ2v) is 4.71. The van der Waals surface area contributed by atoms with Gasteiger partial charge in [0.25, 0.3) is 5.91 Å². The van der Waals surface area contributed by atoms with Crippen molar-refractivity contribution in [3.05, 3.63) is 23.1 Å². The van der Waals surface area contributed by atoms with E-state index in [0.717, 1.165) is 19.5 Å². The van der Waals surface area contributed by atoms with E-state index in [1.165, 1.54) is 19.1 Å². The van der Waals surface area contributed by atoms with E-state index in [-0.39, 0.29) is 11.1 Å². The summed E-state index contributed by atoms with van der Waals surface area (Å²) in [5.74, 6) is 0.511. The average Bonchev–Trinajstić information content (AvgIpc) is 2.77. The topological polar surface area (TPSA) is 54.3 Å². The third kappa shape index (κ3) is 3.48. The number of furan rings is 1. The van der Waals surface area contributed by atoms with Crippen molar-refractivity contribution in [1.82, 2.24) is 10.6 Å². The molecule has 4 nitrogen and oxygen atoms in total. The van der Waals surface area contributed by atoms with Gasteiger partial charge in [0.1, 0.15) is 0 Å². The summed E-state index contributed by atoms with van der Waals surface area (Å²) in [5.41, 5.74) is 0.411. The summed E-state index contributed by atoms with van der Waals surface area (Å²) in [6.07, 6.45) is 4.90. The zero-order chi connectivity index (χ0) is 12.1. The molecule has 1 amide bonds. The fourth-order valence-electron chi connectivity index (χ4n) is 2.11. The Hall–Kier alpha value is -1.00. The summed E-state index contributed by atoms with van der Waals surface area (Å²) < 4.78 is 4.88. The first kappa shape index (κ1) is 12.5. The first-order chi connectivity index (χ1) is 8.27. The van der Waals surface area contributed by atoms with Crippen molar-refractivity contribution in [2.45, 2.75) is 19.3 Å². The van der Waals surface area contributed by atoms with Gasteiger partial charge in [0.15, 0.2) is 0 Å². The van der Waals surface area contributed by atoms with Gasteiger partial charge in [-0.2, -0.15) is 0 Å². The molecule has 1 aromatic heterocycles. The SMILES string of the molecule is O=C(NCCC1CCCNC1)c1ccoc1Cl. The highest BCUT2D eigenvalue weighted by molar-refractivity contribution is 6.32. The predicted molar refractivity (Wildman–Crippen MR) is 66.3 cm³/mol. The zero-order valence-electron chi connectivity index (χ0n) is 9.67. The highest BCUT2D eigenvalue weighted by Gasteiger charge is 2.15. The van der Waals surface area contributed by atoms with Crippen LogP contribution in [0.5, 0.6) is 0 Å². The summed E-state index contributed by atoms with van der Waals surface area (Å²) in [5, 5.41) is 6.38. The molecule has 0 radical (unpaired) electrons. The van der Waals surface area contributed by atoms with Gasteiger partial charge >= 0.3 is 0 Å². The van der Waals surface area contributed by atoms with Crippen molar-refractivity contribution in [3.63, 3.8) is 0 Å². The Morgan fingerprint density at radius 2 is 2.53 bits per heavy atom. The van der Waals surface area contributed by atoms with Crippen LogP contribution in [0.25, 0.3) is 0 Å². The van der Waals surface area contributed by atoms with Crippen molar-refractivity contribution < 1.29 is 9.21 Å². The molecule has 0 bridgehead atoms.